The lowest BCUT2D eigenvalue weighted by Gasteiger charge is -2.45. The minimum absolute atomic E-state index is 0.0608. The lowest BCUT2D eigenvalue weighted by molar-refractivity contribution is -0.162. The Kier molecular flexibility index (Phi) is 7.16. The summed E-state index contributed by atoms with van der Waals surface area (Å²) in [4.78, 5) is 32.1. The van der Waals surface area contributed by atoms with Gasteiger partial charge in [0.05, 0.1) is 32.4 Å². The number of piperidine rings is 1. The van der Waals surface area contributed by atoms with Crippen LogP contribution in [0.25, 0.3) is 11.1 Å². The molecule has 2 aromatic rings. The predicted molar refractivity (Wildman–Crippen MR) is 135 cm³/mol. The van der Waals surface area contributed by atoms with Gasteiger partial charge < -0.3 is 20.3 Å². The van der Waals surface area contributed by atoms with Crippen molar-refractivity contribution in [3.8, 4) is 23.7 Å². The van der Waals surface area contributed by atoms with E-state index < -0.39 is 17.5 Å². The molecule has 2 N–H and O–H groups in total. The van der Waals surface area contributed by atoms with Crippen LogP contribution in [0.15, 0.2) is 29.7 Å². The Morgan fingerprint density at radius 3 is 2.62 bits per heavy atom. The second kappa shape index (κ2) is 10.3. The molecule has 2 aliphatic heterocycles. The normalized spacial score (nSPS) is 18.0. The van der Waals surface area contributed by atoms with Gasteiger partial charge in [0.2, 0.25) is 5.67 Å². The quantitative estimate of drug-likeness (QED) is 0.485. The van der Waals surface area contributed by atoms with Crippen LogP contribution in [0, 0.1) is 23.2 Å². The Hall–Kier alpha value is -4.38. The Morgan fingerprint density at radius 1 is 1.32 bits per heavy atom. The van der Waals surface area contributed by atoms with Gasteiger partial charge in [0.15, 0.2) is 0 Å². The number of ether oxygens (including phenoxy) is 1. The van der Waals surface area contributed by atoms with Crippen molar-refractivity contribution in [2.75, 3.05) is 33.3 Å². The van der Waals surface area contributed by atoms with Crippen LogP contribution >= 0.6 is 0 Å². The van der Waals surface area contributed by atoms with Gasteiger partial charge in [-0.05, 0) is 38.7 Å². The molecule has 0 spiro atoms. The fourth-order valence-electron chi connectivity index (χ4n) is 4.74. The molecule has 0 saturated carbocycles. The van der Waals surface area contributed by atoms with E-state index in [1.54, 1.807) is 16.8 Å². The van der Waals surface area contributed by atoms with Crippen molar-refractivity contribution in [2.45, 2.75) is 38.4 Å². The molecule has 2 fully saturated rings. The molecule has 0 aliphatic carbocycles. The van der Waals surface area contributed by atoms with Crippen LogP contribution in [0.5, 0.6) is 5.75 Å². The molecule has 2 aliphatic rings. The maximum atomic E-state index is 15.1. The van der Waals surface area contributed by atoms with E-state index in [0.717, 1.165) is 5.56 Å². The highest BCUT2D eigenvalue weighted by Crippen LogP contribution is 2.31. The van der Waals surface area contributed by atoms with Crippen LogP contribution in [-0.4, -0.2) is 81.9 Å². The molecular weight excluding hydrogens is 477 g/mol. The highest BCUT2D eigenvalue weighted by Gasteiger charge is 2.53. The van der Waals surface area contributed by atoms with Crippen LogP contribution < -0.4 is 10.5 Å². The third kappa shape index (κ3) is 4.85. The summed E-state index contributed by atoms with van der Waals surface area (Å²) < 4.78 is 22.1. The lowest BCUT2D eigenvalue weighted by Crippen LogP contribution is -2.68. The molecule has 4 rings (SSSR count). The first kappa shape index (κ1) is 25.7. The topological polar surface area (TPSA) is 129 Å². The van der Waals surface area contributed by atoms with Gasteiger partial charge in [-0.3, -0.25) is 14.6 Å². The summed E-state index contributed by atoms with van der Waals surface area (Å²) >= 11 is 0. The zero-order chi connectivity index (χ0) is 26.7. The minimum Gasteiger partial charge on any atom is -0.494 e. The first-order valence-corrected chi connectivity index (χ1v) is 11.9. The molecule has 0 bridgehead atoms. The van der Waals surface area contributed by atoms with E-state index in [4.69, 9.17) is 15.5 Å². The number of aliphatic imine (C=N–C) groups is 1. The fraction of sp³-hybridized carbons (Fsp3) is 0.423. The van der Waals surface area contributed by atoms with Crippen molar-refractivity contribution in [1.82, 2.24) is 19.4 Å². The number of hydrogen-bond acceptors (Lipinski definition) is 7. The third-order valence-electron chi connectivity index (χ3n) is 6.70. The molecular formula is C26H28FN7O3. The third-order valence-corrected chi connectivity index (χ3v) is 6.70. The van der Waals surface area contributed by atoms with E-state index in [0.29, 0.717) is 54.0 Å². The Labute approximate surface area is 214 Å². The second-order valence-corrected chi connectivity index (χ2v) is 9.08. The molecule has 0 radical (unpaired) electrons. The average molecular weight is 506 g/mol. The molecule has 4 heterocycles. The number of allylic oxidation sites excluding steroid dienone is 1. The van der Waals surface area contributed by atoms with Gasteiger partial charge in [-0.1, -0.05) is 5.92 Å². The smallest absolute Gasteiger partial charge is 0.298 e. The number of nitrogens with two attached hydrogens (primary N) is 1. The molecule has 11 heteroatoms. The number of likely N-dealkylation sites (tertiary alicyclic amines) is 2. The van der Waals surface area contributed by atoms with Crippen molar-refractivity contribution >= 4 is 28.6 Å². The van der Waals surface area contributed by atoms with Crippen molar-refractivity contribution in [2.24, 2.45) is 10.7 Å². The summed E-state index contributed by atoms with van der Waals surface area (Å²) in [5.74, 6) is 4.29. The van der Waals surface area contributed by atoms with Crippen molar-refractivity contribution < 1.29 is 18.7 Å². The van der Waals surface area contributed by atoms with Crippen LogP contribution in [0.3, 0.4) is 0 Å². The maximum absolute atomic E-state index is 15.1. The Bertz CT molecular complexity index is 1390. The number of pyridine rings is 1. The molecule has 37 heavy (non-hydrogen) atoms. The number of carbonyl (C=O) groups excluding carboxylic acids is 2. The van der Waals surface area contributed by atoms with Crippen LogP contribution in [0.4, 0.5) is 4.39 Å². The maximum Gasteiger partial charge on any atom is 0.298 e. The van der Waals surface area contributed by atoms with E-state index in [-0.39, 0.29) is 19.1 Å². The van der Waals surface area contributed by atoms with Gasteiger partial charge in [-0.2, -0.15) is 10.4 Å². The number of nitrogens with zero attached hydrogens (tertiary/aromatic N) is 6. The van der Waals surface area contributed by atoms with Crippen molar-refractivity contribution in [3.05, 3.63) is 35.8 Å². The van der Waals surface area contributed by atoms with Gasteiger partial charge in [-0.25, -0.2) is 8.91 Å². The molecule has 0 atom stereocenters. The van der Waals surface area contributed by atoms with Gasteiger partial charge in [0.25, 0.3) is 11.8 Å². The van der Waals surface area contributed by atoms with Crippen LogP contribution in [0.2, 0.25) is 0 Å². The first-order chi connectivity index (χ1) is 17.7. The van der Waals surface area contributed by atoms with Gasteiger partial charge in [0.1, 0.15) is 22.9 Å². The molecule has 2 aromatic heterocycles. The number of rotatable bonds is 5. The van der Waals surface area contributed by atoms with E-state index in [9.17, 15) is 14.9 Å². The van der Waals surface area contributed by atoms with E-state index >= 15 is 4.39 Å². The summed E-state index contributed by atoms with van der Waals surface area (Å²) in [5, 5.41) is 13.6. The van der Waals surface area contributed by atoms with Gasteiger partial charge in [-0.15, -0.1) is 0 Å². The Balaban J connectivity index is 1.42. The number of aromatic nitrogens is 2. The van der Waals surface area contributed by atoms with Gasteiger partial charge >= 0.3 is 0 Å². The molecule has 0 aromatic carbocycles. The minimum atomic E-state index is -2.05. The zero-order valence-electron chi connectivity index (χ0n) is 21.0. The van der Waals surface area contributed by atoms with Gasteiger partial charge in [0, 0.05) is 42.3 Å². The molecule has 10 nitrogen and oxygen atoms in total. The lowest BCUT2D eigenvalue weighted by atomic mass is 9.92. The largest absolute Gasteiger partial charge is 0.494 e. The highest BCUT2D eigenvalue weighted by atomic mass is 19.1. The monoisotopic (exact) mass is 505 g/mol. The summed E-state index contributed by atoms with van der Waals surface area (Å²) in [6, 6.07) is 3.83. The number of methoxy groups -OCH3 is 1. The van der Waals surface area contributed by atoms with Crippen LogP contribution in [-0.2, 0) is 9.59 Å². The zero-order valence-corrected chi connectivity index (χ0v) is 21.0. The standard InChI is InChI=1S/C26H28FN7O3/c1-4-5-23(35)33-15-26(27,16-33)25(36)32-8-6-20(7-9-32)31-17(2)21(12-29)18-10-22(37-3)24-19(11-28)13-30-34(24)14-18/h10,12-14,20H,6-9,15-16,29H2,1-3H3. The summed E-state index contributed by atoms with van der Waals surface area (Å²) in [6.45, 7) is 3.61. The predicted octanol–water partition coefficient (Wildman–Crippen LogP) is 1.54. The number of fused-ring (bicyclic) bond motifs is 1. The summed E-state index contributed by atoms with van der Waals surface area (Å²) in [7, 11) is 1.52. The Morgan fingerprint density at radius 2 is 2.03 bits per heavy atom. The van der Waals surface area contributed by atoms with Crippen molar-refractivity contribution in [1.29, 1.82) is 5.26 Å². The summed E-state index contributed by atoms with van der Waals surface area (Å²) in [5.41, 5.74) is 7.00. The molecule has 2 saturated heterocycles. The second-order valence-electron chi connectivity index (χ2n) is 9.08. The fourth-order valence-corrected chi connectivity index (χ4v) is 4.74. The highest BCUT2D eigenvalue weighted by molar-refractivity contribution is 6.22. The van der Waals surface area contributed by atoms with E-state index in [2.05, 4.69) is 23.0 Å². The number of halogens is 1. The number of carbonyl (C=O) groups is 2. The SMILES string of the molecule is CC#CC(=O)N1CC(F)(C(=O)N2CCC(N=C(C)C(=CN)c3cc(OC)c4c(C#N)cnn4c3)CC2)C1. The molecule has 2 amide bonds. The van der Waals surface area contributed by atoms with E-state index in [1.807, 2.05) is 6.92 Å². The number of alkyl halides is 1. The number of amides is 2. The van der Waals surface area contributed by atoms with E-state index in [1.165, 1.54) is 36.2 Å². The average Bonchev–Trinajstić information content (AvgIpc) is 3.30. The van der Waals surface area contributed by atoms with Crippen molar-refractivity contribution in [3.63, 3.8) is 0 Å². The number of nitriles is 1. The van der Waals surface area contributed by atoms with Crippen LogP contribution in [0.1, 0.15) is 37.8 Å². The first-order valence-electron chi connectivity index (χ1n) is 11.9. The number of hydrogen-bond donors (Lipinski definition) is 1. The summed E-state index contributed by atoms with van der Waals surface area (Å²) in [6.07, 6.45) is 5.86. The molecule has 0 unspecified atom stereocenters. The molecule has 192 valence electrons.